The first-order valence-electron chi connectivity index (χ1n) is 4.15. The third kappa shape index (κ3) is 1.66. The van der Waals surface area contributed by atoms with E-state index >= 15 is 0 Å². The van der Waals surface area contributed by atoms with Crippen LogP contribution in [0.1, 0.15) is 13.8 Å². The summed E-state index contributed by atoms with van der Waals surface area (Å²) in [5, 5.41) is 0. The van der Waals surface area contributed by atoms with Gasteiger partial charge >= 0.3 is 0 Å². The summed E-state index contributed by atoms with van der Waals surface area (Å²) in [6, 6.07) is 0. The van der Waals surface area contributed by atoms with E-state index in [1.54, 1.807) is 0 Å². The Morgan fingerprint density at radius 3 is 2.83 bits per heavy atom. The quantitative estimate of drug-likeness (QED) is 0.627. The van der Waals surface area contributed by atoms with Gasteiger partial charge in [-0.25, -0.2) is 0 Å². The molecule has 0 aromatic heterocycles. The van der Waals surface area contributed by atoms with Gasteiger partial charge in [0, 0.05) is 11.2 Å². The molecule has 1 rings (SSSR count). The summed E-state index contributed by atoms with van der Waals surface area (Å²) >= 11 is 1.87. The molecule has 0 nitrogen and oxygen atoms in total. The fraction of sp³-hybridized carbons (Fsp3) is 0.455. The second-order valence-corrected chi connectivity index (χ2v) is 4.40. The molecule has 12 heavy (non-hydrogen) atoms. The number of rotatable bonds is 2. The number of allylic oxidation sites excluding steroid dienone is 5. The Morgan fingerprint density at radius 1 is 1.58 bits per heavy atom. The molecule has 0 aliphatic heterocycles. The van der Waals surface area contributed by atoms with Gasteiger partial charge in [-0.05, 0) is 24.3 Å². The molecule has 1 aliphatic carbocycles. The molecule has 0 amide bonds. The predicted octanol–water partition coefficient (Wildman–Crippen LogP) is 3.43. The monoisotopic (exact) mass is 180 g/mol. The van der Waals surface area contributed by atoms with Crippen LogP contribution in [-0.2, 0) is 0 Å². The first-order valence-corrected chi connectivity index (χ1v) is 5.54. The third-order valence-electron chi connectivity index (χ3n) is 2.42. The lowest BCUT2D eigenvalue weighted by Crippen LogP contribution is -2.21. The Hall–Kier alpha value is -0.430. The van der Waals surface area contributed by atoms with Crippen LogP contribution in [0.4, 0.5) is 0 Å². The van der Waals surface area contributed by atoms with E-state index in [0.29, 0.717) is 0 Å². The van der Waals surface area contributed by atoms with Crippen LogP contribution in [0, 0.1) is 5.41 Å². The van der Waals surface area contributed by atoms with Gasteiger partial charge in [0.25, 0.3) is 0 Å². The molecule has 0 bridgehead atoms. The van der Waals surface area contributed by atoms with Crippen molar-refractivity contribution >= 4 is 11.8 Å². The van der Waals surface area contributed by atoms with Gasteiger partial charge in [0.2, 0.25) is 0 Å². The van der Waals surface area contributed by atoms with E-state index in [0.717, 1.165) is 5.75 Å². The van der Waals surface area contributed by atoms with Crippen molar-refractivity contribution in [1.82, 2.24) is 0 Å². The predicted molar refractivity (Wildman–Crippen MR) is 58.5 cm³/mol. The molecule has 0 aromatic rings. The number of hydrogen-bond donors (Lipinski definition) is 0. The van der Waals surface area contributed by atoms with Crippen LogP contribution in [0.5, 0.6) is 0 Å². The highest BCUT2D eigenvalue weighted by atomic mass is 32.2. The van der Waals surface area contributed by atoms with E-state index in [1.807, 2.05) is 11.8 Å². The van der Waals surface area contributed by atoms with Crippen molar-refractivity contribution in [1.29, 1.82) is 0 Å². The van der Waals surface area contributed by atoms with Crippen LogP contribution in [0.25, 0.3) is 0 Å². The van der Waals surface area contributed by atoms with Crippen molar-refractivity contribution in [3.05, 3.63) is 36.0 Å². The van der Waals surface area contributed by atoms with Crippen molar-refractivity contribution in [3.8, 4) is 0 Å². The Kier molecular flexibility index (Phi) is 2.84. The maximum Gasteiger partial charge on any atom is 0.0194 e. The Morgan fingerprint density at radius 2 is 2.25 bits per heavy atom. The van der Waals surface area contributed by atoms with Gasteiger partial charge in [-0.15, -0.1) is 0 Å². The van der Waals surface area contributed by atoms with Crippen molar-refractivity contribution in [3.63, 3.8) is 0 Å². The van der Waals surface area contributed by atoms with Crippen molar-refractivity contribution < 1.29 is 0 Å². The number of thioether (sulfide) groups is 1. The summed E-state index contributed by atoms with van der Waals surface area (Å²) in [4.78, 5) is 0. The molecular formula is C11H16S. The first-order chi connectivity index (χ1) is 5.60. The van der Waals surface area contributed by atoms with E-state index in [4.69, 9.17) is 0 Å². The Balaban J connectivity index is 2.88. The SMILES string of the molecule is C=C1C(C)=CC=CC1(C)CSC. The van der Waals surface area contributed by atoms with Crippen LogP contribution in [0.2, 0.25) is 0 Å². The zero-order valence-electron chi connectivity index (χ0n) is 8.05. The summed E-state index contributed by atoms with van der Waals surface area (Å²) in [5.41, 5.74) is 2.76. The zero-order valence-corrected chi connectivity index (χ0v) is 8.87. The maximum atomic E-state index is 4.13. The van der Waals surface area contributed by atoms with Gasteiger partial charge in [0.05, 0.1) is 0 Å². The van der Waals surface area contributed by atoms with Crippen molar-refractivity contribution in [2.24, 2.45) is 5.41 Å². The van der Waals surface area contributed by atoms with Crippen LogP contribution in [0.3, 0.4) is 0 Å². The summed E-state index contributed by atoms with van der Waals surface area (Å²) in [6.45, 7) is 8.51. The summed E-state index contributed by atoms with van der Waals surface area (Å²) in [6.07, 6.45) is 8.66. The zero-order chi connectivity index (χ0) is 9.19. The maximum absolute atomic E-state index is 4.13. The molecule has 1 heteroatoms. The van der Waals surface area contributed by atoms with Gasteiger partial charge in [0.1, 0.15) is 0 Å². The van der Waals surface area contributed by atoms with E-state index in [9.17, 15) is 0 Å². The van der Waals surface area contributed by atoms with E-state index < -0.39 is 0 Å². The highest BCUT2D eigenvalue weighted by Gasteiger charge is 2.26. The van der Waals surface area contributed by atoms with E-state index in [1.165, 1.54) is 11.1 Å². The fourth-order valence-corrected chi connectivity index (χ4v) is 2.36. The molecule has 0 aromatic carbocycles. The smallest absolute Gasteiger partial charge is 0.0194 e. The largest absolute Gasteiger partial charge is 0.164 e. The lowest BCUT2D eigenvalue weighted by molar-refractivity contribution is 0.597. The lowest BCUT2D eigenvalue weighted by Gasteiger charge is -2.30. The summed E-state index contributed by atoms with van der Waals surface area (Å²) < 4.78 is 0. The molecule has 0 N–H and O–H groups in total. The van der Waals surface area contributed by atoms with E-state index in [2.05, 4.69) is 44.9 Å². The van der Waals surface area contributed by atoms with Crippen LogP contribution >= 0.6 is 11.8 Å². The average molecular weight is 180 g/mol. The molecule has 66 valence electrons. The molecule has 0 saturated heterocycles. The first kappa shape index (κ1) is 9.66. The van der Waals surface area contributed by atoms with Gasteiger partial charge < -0.3 is 0 Å². The van der Waals surface area contributed by atoms with Gasteiger partial charge in [-0.2, -0.15) is 11.8 Å². The van der Waals surface area contributed by atoms with Crippen molar-refractivity contribution in [2.75, 3.05) is 12.0 Å². The average Bonchev–Trinajstić information content (AvgIpc) is 2.01. The van der Waals surface area contributed by atoms with Crippen molar-refractivity contribution in [2.45, 2.75) is 13.8 Å². The summed E-state index contributed by atoms with van der Waals surface area (Å²) in [5.74, 6) is 1.12. The molecule has 0 radical (unpaired) electrons. The molecular weight excluding hydrogens is 164 g/mol. The molecule has 1 atom stereocenters. The molecule has 0 fully saturated rings. The molecule has 0 saturated carbocycles. The second kappa shape index (κ2) is 3.53. The second-order valence-electron chi connectivity index (χ2n) is 3.54. The Bertz CT molecular complexity index is 248. The topological polar surface area (TPSA) is 0 Å². The van der Waals surface area contributed by atoms with Gasteiger partial charge in [-0.1, -0.05) is 31.7 Å². The third-order valence-corrected chi connectivity index (χ3v) is 3.31. The highest BCUT2D eigenvalue weighted by molar-refractivity contribution is 7.98. The summed E-state index contributed by atoms with van der Waals surface area (Å²) in [7, 11) is 0. The molecule has 0 spiro atoms. The van der Waals surface area contributed by atoms with E-state index in [-0.39, 0.29) is 5.41 Å². The minimum atomic E-state index is 0.179. The van der Waals surface area contributed by atoms with Gasteiger partial charge in [0.15, 0.2) is 0 Å². The van der Waals surface area contributed by atoms with Gasteiger partial charge in [-0.3, -0.25) is 0 Å². The van der Waals surface area contributed by atoms with Crippen LogP contribution in [0.15, 0.2) is 36.0 Å². The minimum Gasteiger partial charge on any atom is -0.164 e. The molecule has 0 heterocycles. The number of hydrogen-bond acceptors (Lipinski definition) is 1. The fourth-order valence-electron chi connectivity index (χ4n) is 1.49. The normalized spacial score (nSPS) is 28.9. The minimum absolute atomic E-state index is 0.179. The highest BCUT2D eigenvalue weighted by Crippen LogP contribution is 2.37. The Labute approximate surface area is 79.4 Å². The lowest BCUT2D eigenvalue weighted by atomic mass is 9.78. The molecule has 1 aliphatic rings. The van der Waals surface area contributed by atoms with Crippen LogP contribution in [-0.4, -0.2) is 12.0 Å². The standard InChI is InChI=1S/C11H16S/c1-9-6-5-7-11(3,8-12-4)10(9)2/h5-7H,2,8H2,1,3-4H3. The molecule has 1 unspecified atom stereocenters. The van der Waals surface area contributed by atoms with Crippen LogP contribution < -0.4 is 0 Å².